The van der Waals surface area contributed by atoms with Crippen molar-refractivity contribution in [3.05, 3.63) is 28.8 Å². The molecule has 1 heterocycles. The van der Waals surface area contributed by atoms with Gasteiger partial charge in [-0.3, -0.25) is 4.79 Å². The van der Waals surface area contributed by atoms with Crippen molar-refractivity contribution < 1.29 is 23.9 Å². The quantitative estimate of drug-likeness (QED) is 0.286. The van der Waals surface area contributed by atoms with Crippen LogP contribution in [-0.2, 0) is 19.2 Å². The molecule has 1 aromatic rings. The molecule has 1 fully saturated rings. The third-order valence-electron chi connectivity index (χ3n) is 5.53. The summed E-state index contributed by atoms with van der Waals surface area (Å²) in [5, 5.41) is 4.75. The van der Waals surface area contributed by atoms with Crippen LogP contribution >= 0.6 is 11.6 Å². The van der Waals surface area contributed by atoms with Gasteiger partial charge >= 0.3 is 11.9 Å². The van der Waals surface area contributed by atoms with Crippen LogP contribution in [0.4, 0.5) is 0 Å². The van der Waals surface area contributed by atoms with Crippen LogP contribution in [0.3, 0.4) is 0 Å². The maximum Gasteiger partial charge on any atom is 0.372 e. The molecule has 1 aliphatic rings. The van der Waals surface area contributed by atoms with Crippen molar-refractivity contribution in [3.63, 3.8) is 0 Å². The lowest BCUT2D eigenvalue weighted by atomic mass is 10.0. The van der Waals surface area contributed by atoms with Crippen LogP contribution in [-0.4, -0.2) is 30.4 Å². The summed E-state index contributed by atoms with van der Waals surface area (Å²) < 4.78 is 11.0. The van der Waals surface area contributed by atoms with Crippen molar-refractivity contribution in [1.82, 2.24) is 0 Å². The zero-order chi connectivity index (χ0) is 23.2. The Morgan fingerprint density at radius 3 is 2.41 bits per heavy atom. The highest BCUT2D eigenvalue weighted by molar-refractivity contribution is 6.31. The standard InChI is InChI=1S/C25H36ClNO5/c1-19-17-22(15-16-23(19)26)30-18-25(29)32-27-21-11-9-7-5-3-4-6-8-10-12-24(28)31-20(2)13-14-21/h15-17,20H,3-14,18H2,1-2H3/b27-21+. The third-order valence-corrected chi connectivity index (χ3v) is 5.96. The third kappa shape index (κ3) is 11.0. The van der Waals surface area contributed by atoms with Crippen LogP contribution in [0.1, 0.15) is 89.5 Å². The number of hydrogen-bond acceptors (Lipinski definition) is 6. The molecule has 7 heteroatoms. The van der Waals surface area contributed by atoms with E-state index in [4.69, 9.17) is 25.9 Å². The fourth-order valence-corrected chi connectivity index (χ4v) is 3.70. The summed E-state index contributed by atoms with van der Waals surface area (Å²) >= 11 is 6.00. The number of oxime groups is 1. The first-order valence-electron chi connectivity index (χ1n) is 11.8. The molecule has 0 spiro atoms. The molecular formula is C25H36ClNO5. The molecule has 1 saturated heterocycles. The van der Waals surface area contributed by atoms with Gasteiger partial charge in [0.25, 0.3) is 0 Å². The van der Waals surface area contributed by atoms with E-state index in [2.05, 4.69) is 5.16 Å². The minimum atomic E-state index is -0.559. The van der Waals surface area contributed by atoms with Crippen LogP contribution < -0.4 is 4.74 Å². The molecule has 0 bridgehead atoms. The molecule has 32 heavy (non-hydrogen) atoms. The van der Waals surface area contributed by atoms with Crippen molar-refractivity contribution in [3.8, 4) is 5.75 Å². The molecule has 2 rings (SSSR count). The molecule has 0 N–H and O–H groups in total. The largest absolute Gasteiger partial charge is 0.482 e. The van der Waals surface area contributed by atoms with E-state index in [9.17, 15) is 9.59 Å². The fraction of sp³-hybridized carbons (Fsp3) is 0.640. The second kappa shape index (κ2) is 14.9. The zero-order valence-electron chi connectivity index (χ0n) is 19.4. The maximum atomic E-state index is 12.1. The number of ether oxygens (including phenoxy) is 2. The van der Waals surface area contributed by atoms with E-state index in [1.807, 2.05) is 13.8 Å². The Hall–Kier alpha value is -2.08. The van der Waals surface area contributed by atoms with Gasteiger partial charge in [-0.05, 0) is 69.7 Å². The second-order valence-corrected chi connectivity index (χ2v) is 8.90. The van der Waals surface area contributed by atoms with E-state index in [1.54, 1.807) is 18.2 Å². The Morgan fingerprint density at radius 1 is 1.06 bits per heavy atom. The van der Waals surface area contributed by atoms with Gasteiger partial charge in [0.15, 0.2) is 6.61 Å². The molecule has 6 nitrogen and oxygen atoms in total. The summed E-state index contributed by atoms with van der Waals surface area (Å²) in [7, 11) is 0. The van der Waals surface area contributed by atoms with Crippen LogP contribution in [0.2, 0.25) is 5.02 Å². The molecule has 178 valence electrons. The number of rotatable bonds is 4. The summed E-state index contributed by atoms with van der Waals surface area (Å²) in [5.41, 5.74) is 1.69. The summed E-state index contributed by atoms with van der Waals surface area (Å²) in [6, 6.07) is 5.20. The van der Waals surface area contributed by atoms with Crippen LogP contribution in [0.15, 0.2) is 23.4 Å². The number of nitrogens with zero attached hydrogens (tertiary/aromatic N) is 1. The number of esters is 1. The first kappa shape index (κ1) is 26.2. The van der Waals surface area contributed by atoms with E-state index in [0.717, 1.165) is 43.4 Å². The van der Waals surface area contributed by atoms with E-state index >= 15 is 0 Å². The number of hydrogen-bond donors (Lipinski definition) is 0. The van der Waals surface area contributed by atoms with Crippen molar-refractivity contribution in [2.24, 2.45) is 5.16 Å². The normalized spacial score (nSPS) is 21.0. The molecular weight excluding hydrogens is 430 g/mol. The van der Waals surface area contributed by atoms with E-state index in [1.165, 1.54) is 25.7 Å². The number of carbonyl (C=O) groups excluding carboxylic acids is 2. The molecule has 0 aromatic heterocycles. The minimum absolute atomic E-state index is 0.135. The summed E-state index contributed by atoms with van der Waals surface area (Å²) in [6.07, 6.45) is 11.3. The number of aryl methyl sites for hydroxylation is 1. The van der Waals surface area contributed by atoms with Gasteiger partial charge in [0.05, 0.1) is 11.8 Å². The Balaban J connectivity index is 1.86. The SMILES string of the molecule is Cc1cc(OCC(=O)O/N=C2\CCCCCCCCCCC(=O)OC(C)CC2)ccc1Cl. The second-order valence-electron chi connectivity index (χ2n) is 8.49. The topological polar surface area (TPSA) is 74.2 Å². The highest BCUT2D eigenvalue weighted by Crippen LogP contribution is 2.21. The van der Waals surface area contributed by atoms with Crippen LogP contribution in [0.25, 0.3) is 0 Å². The van der Waals surface area contributed by atoms with E-state index < -0.39 is 5.97 Å². The number of halogens is 1. The smallest absolute Gasteiger partial charge is 0.372 e. The first-order valence-corrected chi connectivity index (χ1v) is 12.2. The lowest BCUT2D eigenvalue weighted by Crippen LogP contribution is -2.17. The van der Waals surface area contributed by atoms with Crippen molar-refractivity contribution in [1.29, 1.82) is 0 Å². The van der Waals surface area contributed by atoms with Gasteiger partial charge < -0.3 is 14.3 Å². The number of cyclic esters (lactones) is 1. The van der Waals surface area contributed by atoms with Crippen molar-refractivity contribution >= 4 is 29.3 Å². The number of carbonyl (C=O) groups is 2. The molecule has 1 aromatic carbocycles. The van der Waals surface area contributed by atoms with Crippen molar-refractivity contribution in [2.75, 3.05) is 6.61 Å². The van der Waals surface area contributed by atoms with E-state index in [0.29, 0.717) is 30.0 Å². The summed E-state index contributed by atoms with van der Waals surface area (Å²) in [4.78, 5) is 29.2. The van der Waals surface area contributed by atoms with Gasteiger partial charge in [0.1, 0.15) is 5.75 Å². The lowest BCUT2D eigenvalue weighted by Gasteiger charge is -2.14. The first-order chi connectivity index (χ1) is 15.4. The molecule has 0 amide bonds. The van der Waals surface area contributed by atoms with Crippen LogP contribution in [0, 0.1) is 6.92 Å². The molecule has 1 atom stereocenters. The lowest BCUT2D eigenvalue weighted by molar-refractivity contribution is -0.148. The Kier molecular flexibility index (Phi) is 12.2. The Morgan fingerprint density at radius 2 is 1.72 bits per heavy atom. The van der Waals surface area contributed by atoms with Gasteiger partial charge in [0, 0.05) is 11.4 Å². The predicted octanol–water partition coefficient (Wildman–Crippen LogP) is 6.55. The molecule has 0 radical (unpaired) electrons. The Labute approximate surface area is 196 Å². The summed E-state index contributed by atoms with van der Waals surface area (Å²) in [5.74, 6) is -0.141. The minimum Gasteiger partial charge on any atom is -0.482 e. The van der Waals surface area contributed by atoms with Crippen molar-refractivity contribution in [2.45, 2.75) is 97.0 Å². The molecule has 1 aliphatic heterocycles. The van der Waals surface area contributed by atoms with Crippen LogP contribution in [0.5, 0.6) is 5.75 Å². The van der Waals surface area contributed by atoms with E-state index in [-0.39, 0.29) is 18.7 Å². The highest BCUT2D eigenvalue weighted by Gasteiger charge is 2.13. The van der Waals surface area contributed by atoms with Gasteiger partial charge in [-0.15, -0.1) is 0 Å². The molecule has 0 aliphatic carbocycles. The van der Waals surface area contributed by atoms with Gasteiger partial charge in [-0.25, -0.2) is 4.79 Å². The zero-order valence-corrected chi connectivity index (χ0v) is 20.1. The molecule has 1 unspecified atom stereocenters. The van der Waals surface area contributed by atoms with Gasteiger partial charge in [-0.2, -0.15) is 0 Å². The maximum absolute atomic E-state index is 12.1. The van der Waals surface area contributed by atoms with Gasteiger partial charge in [-0.1, -0.05) is 55.3 Å². The fourth-order valence-electron chi connectivity index (χ4n) is 3.58. The number of benzene rings is 1. The predicted molar refractivity (Wildman–Crippen MR) is 126 cm³/mol. The average Bonchev–Trinajstić information content (AvgIpc) is 2.76. The van der Waals surface area contributed by atoms with Gasteiger partial charge in [0.2, 0.25) is 0 Å². The monoisotopic (exact) mass is 465 g/mol. The molecule has 0 saturated carbocycles. The Bertz CT molecular complexity index is 765. The summed E-state index contributed by atoms with van der Waals surface area (Å²) in [6.45, 7) is 3.53. The average molecular weight is 466 g/mol. The highest BCUT2D eigenvalue weighted by atomic mass is 35.5.